The number of halogens is 3. The maximum absolute atomic E-state index is 3.60. The molecule has 5 heteroatoms. The molecule has 0 amide bonds. The average Bonchev–Trinajstić information content (AvgIpc) is 2.63. The zero-order chi connectivity index (χ0) is 12.4. The lowest BCUT2D eigenvalue weighted by atomic mass is 10.1. The minimum atomic E-state index is 0.207. The predicted octanol–water partition coefficient (Wildman–Crippen LogP) is 5.34. The Morgan fingerprint density at radius 2 is 1.82 bits per heavy atom. The maximum Gasteiger partial charge on any atom is 0.0843 e. The molecule has 1 atom stereocenters. The van der Waals surface area contributed by atoms with E-state index >= 15 is 0 Å². The van der Waals surface area contributed by atoms with Crippen molar-refractivity contribution in [3.63, 3.8) is 0 Å². The molecule has 0 aliphatic rings. The van der Waals surface area contributed by atoms with Crippen LogP contribution in [0.5, 0.6) is 0 Å². The van der Waals surface area contributed by atoms with Crippen molar-refractivity contribution in [2.24, 2.45) is 0 Å². The Kier molecular flexibility index (Phi) is 4.83. The lowest BCUT2D eigenvalue weighted by Crippen LogP contribution is -2.16. The van der Waals surface area contributed by atoms with Crippen molar-refractivity contribution < 1.29 is 0 Å². The molecule has 0 radical (unpaired) electrons. The molecule has 1 aromatic heterocycles. The van der Waals surface area contributed by atoms with E-state index in [1.165, 1.54) is 10.4 Å². The first-order chi connectivity index (χ1) is 8.13. The zero-order valence-corrected chi connectivity index (χ0v) is 14.6. The topological polar surface area (TPSA) is 12.0 Å². The van der Waals surface area contributed by atoms with E-state index in [1.807, 2.05) is 13.1 Å². The van der Waals surface area contributed by atoms with Crippen LogP contribution < -0.4 is 5.32 Å². The van der Waals surface area contributed by atoms with Crippen molar-refractivity contribution in [3.8, 4) is 0 Å². The Morgan fingerprint density at radius 3 is 2.35 bits per heavy atom. The van der Waals surface area contributed by atoms with Gasteiger partial charge in [0, 0.05) is 13.8 Å². The van der Waals surface area contributed by atoms with Crippen LogP contribution in [-0.2, 0) is 0 Å². The summed E-state index contributed by atoms with van der Waals surface area (Å²) in [4.78, 5) is 1.28. The van der Waals surface area contributed by atoms with E-state index in [2.05, 4.69) is 77.4 Å². The van der Waals surface area contributed by atoms with Gasteiger partial charge in [-0.05, 0) is 56.6 Å². The molecule has 90 valence electrons. The van der Waals surface area contributed by atoms with Crippen LogP contribution in [0.15, 0.2) is 43.1 Å². The Balaban J connectivity index is 2.44. The molecule has 2 rings (SSSR count). The normalized spacial score (nSPS) is 12.7. The minimum Gasteiger partial charge on any atom is -0.309 e. The number of hydrogen-bond acceptors (Lipinski definition) is 2. The molecule has 0 aliphatic carbocycles. The molecule has 2 aromatic rings. The molecular formula is C12H10Br3NS. The smallest absolute Gasteiger partial charge is 0.0843 e. The van der Waals surface area contributed by atoms with Gasteiger partial charge < -0.3 is 5.32 Å². The third-order valence-corrected chi connectivity index (χ3v) is 6.50. The van der Waals surface area contributed by atoms with E-state index < -0.39 is 0 Å². The largest absolute Gasteiger partial charge is 0.309 e. The second-order valence-corrected chi connectivity index (χ2v) is 7.62. The van der Waals surface area contributed by atoms with Gasteiger partial charge in [0.1, 0.15) is 0 Å². The summed E-state index contributed by atoms with van der Waals surface area (Å²) in [6, 6.07) is 10.6. The second-order valence-electron chi connectivity index (χ2n) is 3.51. The van der Waals surface area contributed by atoms with Gasteiger partial charge in [-0.3, -0.25) is 0 Å². The SMILES string of the molecule is CNC(c1cc(Br)c(Br)s1)c1ccccc1Br. The third-order valence-electron chi connectivity index (χ3n) is 2.45. The average molecular weight is 440 g/mol. The molecule has 1 N–H and O–H groups in total. The number of nitrogens with one attached hydrogen (secondary N) is 1. The number of benzene rings is 1. The molecule has 1 unspecified atom stereocenters. The maximum atomic E-state index is 3.60. The van der Waals surface area contributed by atoms with Crippen LogP contribution in [0, 0.1) is 0 Å². The van der Waals surface area contributed by atoms with Crippen molar-refractivity contribution in [2.75, 3.05) is 7.05 Å². The standard InChI is InChI=1S/C12H10Br3NS/c1-16-11(7-4-2-3-5-8(7)13)10-6-9(14)12(15)17-10/h2-6,11,16H,1H3. The highest BCUT2D eigenvalue weighted by molar-refractivity contribution is 9.13. The van der Waals surface area contributed by atoms with Crippen LogP contribution in [0.1, 0.15) is 16.5 Å². The van der Waals surface area contributed by atoms with Crippen LogP contribution in [0.4, 0.5) is 0 Å². The minimum absolute atomic E-state index is 0.207. The molecule has 1 nitrogen and oxygen atoms in total. The number of hydrogen-bond donors (Lipinski definition) is 1. The number of rotatable bonds is 3. The van der Waals surface area contributed by atoms with Crippen LogP contribution in [0.25, 0.3) is 0 Å². The highest BCUT2D eigenvalue weighted by atomic mass is 79.9. The summed E-state index contributed by atoms with van der Waals surface area (Å²) in [6.45, 7) is 0. The Labute approximate surface area is 130 Å². The zero-order valence-electron chi connectivity index (χ0n) is 9.01. The summed E-state index contributed by atoms with van der Waals surface area (Å²) >= 11 is 12.4. The van der Waals surface area contributed by atoms with Gasteiger partial charge in [0.2, 0.25) is 0 Å². The molecule has 0 bridgehead atoms. The molecule has 0 fully saturated rings. The summed E-state index contributed by atoms with van der Waals surface area (Å²) < 4.78 is 3.35. The van der Waals surface area contributed by atoms with Crippen molar-refractivity contribution >= 4 is 59.1 Å². The predicted molar refractivity (Wildman–Crippen MR) is 84.8 cm³/mol. The van der Waals surface area contributed by atoms with Gasteiger partial charge >= 0.3 is 0 Å². The molecule has 0 saturated heterocycles. The van der Waals surface area contributed by atoms with Gasteiger partial charge in [0.15, 0.2) is 0 Å². The van der Waals surface area contributed by atoms with Crippen molar-refractivity contribution in [1.82, 2.24) is 5.32 Å². The first kappa shape index (κ1) is 13.7. The fourth-order valence-corrected chi connectivity index (χ4v) is 4.40. The van der Waals surface area contributed by atoms with Gasteiger partial charge in [-0.15, -0.1) is 11.3 Å². The third kappa shape index (κ3) is 3.01. The summed E-state index contributed by atoms with van der Waals surface area (Å²) in [5.74, 6) is 0. The Morgan fingerprint density at radius 1 is 1.12 bits per heavy atom. The molecule has 1 aromatic carbocycles. The van der Waals surface area contributed by atoms with Gasteiger partial charge in [-0.25, -0.2) is 0 Å². The van der Waals surface area contributed by atoms with Gasteiger partial charge in [-0.2, -0.15) is 0 Å². The van der Waals surface area contributed by atoms with E-state index in [4.69, 9.17) is 0 Å². The Bertz CT molecular complexity index is 505. The van der Waals surface area contributed by atoms with Crippen molar-refractivity contribution in [2.45, 2.75) is 6.04 Å². The monoisotopic (exact) mass is 437 g/mol. The molecule has 0 aliphatic heterocycles. The van der Waals surface area contributed by atoms with Gasteiger partial charge in [0.25, 0.3) is 0 Å². The van der Waals surface area contributed by atoms with E-state index in [-0.39, 0.29) is 6.04 Å². The number of thiophene rings is 1. The lowest BCUT2D eigenvalue weighted by molar-refractivity contribution is 0.701. The van der Waals surface area contributed by atoms with Crippen molar-refractivity contribution in [1.29, 1.82) is 0 Å². The molecular weight excluding hydrogens is 430 g/mol. The van der Waals surface area contributed by atoms with Crippen LogP contribution in [-0.4, -0.2) is 7.05 Å². The van der Waals surface area contributed by atoms with Crippen LogP contribution in [0.2, 0.25) is 0 Å². The lowest BCUT2D eigenvalue weighted by Gasteiger charge is -2.16. The Hall–Kier alpha value is 0.320. The fraction of sp³-hybridized carbons (Fsp3) is 0.167. The van der Waals surface area contributed by atoms with Crippen LogP contribution in [0.3, 0.4) is 0 Å². The van der Waals surface area contributed by atoms with E-state index in [1.54, 1.807) is 11.3 Å². The van der Waals surface area contributed by atoms with E-state index in [9.17, 15) is 0 Å². The van der Waals surface area contributed by atoms with Crippen LogP contribution >= 0.6 is 59.1 Å². The van der Waals surface area contributed by atoms with E-state index in [0.29, 0.717) is 0 Å². The summed E-state index contributed by atoms with van der Waals surface area (Å²) in [7, 11) is 1.98. The van der Waals surface area contributed by atoms with Gasteiger partial charge in [-0.1, -0.05) is 34.1 Å². The van der Waals surface area contributed by atoms with Gasteiger partial charge in [0.05, 0.1) is 9.83 Å². The highest BCUT2D eigenvalue weighted by Gasteiger charge is 2.17. The summed E-state index contributed by atoms with van der Waals surface area (Å²) in [5.41, 5.74) is 1.25. The first-order valence-corrected chi connectivity index (χ1v) is 8.19. The fourth-order valence-electron chi connectivity index (χ4n) is 1.67. The second kappa shape index (κ2) is 5.97. The molecule has 0 spiro atoms. The molecule has 1 heterocycles. The first-order valence-electron chi connectivity index (χ1n) is 5.00. The highest BCUT2D eigenvalue weighted by Crippen LogP contribution is 2.38. The molecule has 0 saturated carbocycles. The van der Waals surface area contributed by atoms with E-state index in [0.717, 1.165) is 12.7 Å². The quantitative estimate of drug-likeness (QED) is 0.680. The van der Waals surface area contributed by atoms with Crippen molar-refractivity contribution in [3.05, 3.63) is 53.5 Å². The summed E-state index contributed by atoms with van der Waals surface area (Å²) in [5, 5.41) is 3.35. The summed E-state index contributed by atoms with van der Waals surface area (Å²) in [6.07, 6.45) is 0. The molecule has 17 heavy (non-hydrogen) atoms.